The molecule has 5 nitrogen and oxygen atoms in total. The molecule has 5 aromatic rings. The van der Waals surface area contributed by atoms with Crippen molar-refractivity contribution in [1.29, 1.82) is 0 Å². The molecule has 0 spiro atoms. The Morgan fingerprint density at radius 3 is 2.03 bits per heavy atom. The Kier molecular flexibility index (Phi) is 6.01. The highest BCUT2D eigenvalue weighted by molar-refractivity contribution is 6.13. The highest BCUT2D eigenvalue weighted by Crippen LogP contribution is 2.27. The summed E-state index contributed by atoms with van der Waals surface area (Å²) in [6.07, 6.45) is 1.66. The summed E-state index contributed by atoms with van der Waals surface area (Å²) in [5.74, 6) is -1.23. The van der Waals surface area contributed by atoms with Crippen molar-refractivity contribution in [3.8, 4) is 0 Å². The van der Waals surface area contributed by atoms with Gasteiger partial charge in [0.25, 0.3) is 11.8 Å². The van der Waals surface area contributed by atoms with Gasteiger partial charge in [0.2, 0.25) is 0 Å². The van der Waals surface area contributed by atoms with Crippen LogP contribution < -0.4 is 10.7 Å². The number of halogens is 1. The van der Waals surface area contributed by atoms with Crippen LogP contribution in [0.3, 0.4) is 0 Å². The molecule has 0 aliphatic heterocycles. The third-order valence-corrected chi connectivity index (χ3v) is 5.66. The molecule has 0 aliphatic rings. The van der Waals surface area contributed by atoms with E-state index < -0.39 is 17.6 Å². The Bertz CT molecular complexity index is 1540. The van der Waals surface area contributed by atoms with Crippen LogP contribution in [0.1, 0.15) is 26.3 Å². The first-order valence-electron chi connectivity index (χ1n) is 11.0. The summed E-state index contributed by atoms with van der Waals surface area (Å²) in [5, 5.41) is 11.2. The molecule has 0 unspecified atom stereocenters. The number of nitrogens with one attached hydrogen (secondary N) is 2. The molecule has 0 saturated carbocycles. The lowest BCUT2D eigenvalue weighted by molar-refractivity contribution is 0.0953. The van der Waals surface area contributed by atoms with Crippen LogP contribution in [-0.4, -0.2) is 18.0 Å². The third kappa shape index (κ3) is 4.77. The largest absolute Gasteiger partial charge is 0.322 e. The van der Waals surface area contributed by atoms with Gasteiger partial charge in [0.15, 0.2) is 0 Å². The van der Waals surface area contributed by atoms with Crippen molar-refractivity contribution in [2.24, 2.45) is 5.10 Å². The van der Waals surface area contributed by atoms with E-state index in [4.69, 9.17) is 0 Å². The molecule has 6 heteroatoms. The number of hydrazone groups is 1. The van der Waals surface area contributed by atoms with Gasteiger partial charge in [0, 0.05) is 22.4 Å². The molecule has 2 amide bonds. The second-order valence-electron chi connectivity index (χ2n) is 7.97. The quantitative estimate of drug-likeness (QED) is 0.187. The van der Waals surface area contributed by atoms with Crippen LogP contribution in [-0.2, 0) is 0 Å². The van der Waals surface area contributed by atoms with E-state index in [0.717, 1.165) is 27.1 Å². The predicted molar refractivity (Wildman–Crippen MR) is 137 cm³/mol. The number of carbonyl (C=O) groups is 2. The van der Waals surface area contributed by atoms with Crippen molar-refractivity contribution in [3.63, 3.8) is 0 Å². The Morgan fingerprint density at radius 1 is 0.686 bits per heavy atom. The summed E-state index contributed by atoms with van der Waals surface area (Å²) in [5.41, 5.74) is 4.58. The van der Waals surface area contributed by atoms with Gasteiger partial charge >= 0.3 is 0 Å². The summed E-state index contributed by atoms with van der Waals surface area (Å²) >= 11 is 0. The van der Waals surface area contributed by atoms with E-state index in [9.17, 15) is 14.0 Å². The van der Waals surface area contributed by atoms with E-state index in [2.05, 4.69) is 21.9 Å². The number of benzene rings is 5. The van der Waals surface area contributed by atoms with E-state index in [1.165, 1.54) is 24.3 Å². The summed E-state index contributed by atoms with van der Waals surface area (Å²) in [6.45, 7) is 0. The predicted octanol–water partition coefficient (Wildman–Crippen LogP) is 6.15. The number of rotatable bonds is 5. The first-order chi connectivity index (χ1) is 17.1. The van der Waals surface area contributed by atoms with Crippen molar-refractivity contribution < 1.29 is 14.0 Å². The number of hydrogen-bond acceptors (Lipinski definition) is 3. The second-order valence-corrected chi connectivity index (χ2v) is 7.97. The first kappa shape index (κ1) is 22.0. The van der Waals surface area contributed by atoms with Crippen LogP contribution in [0, 0.1) is 5.82 Å². The topological polar surface area (TPSA) is 70.6 Å². The molecule has 0 bridgehead atoms. The van der Waals surface area contributed by atoms with E-state index in [-0.39, 0.29) is 0 Å². The fraction of sp³-hybridized carbons (Fsp3) is 0. The smallest absolute Gasteiger partial charge is 0.271 e. The lowest BCUT2D eigenvalue weighted by atomic mass is 9.97. The second kappa shape index (κ2) is 9.57. The average Bonchev–Trinajstić information content (AvgIpc) is 2.88. The van der Waals surface area contributed by atoms with Crippen LogP contribution in [0.5, 0.6) is 0 Å². The molecule has 2 N–H and O–H groups in total. The Hall–Kier alpha value is -4.84. The molecule has 0 aliphatic carbocycles. The Morgan fingerprint density at radius 2 is 1.34 bits per heavy atom. The minimum absolute atomic E-state index is 0.313. The lowest BCUT2D eigenvalue weighted by Crippen LogP contribution is -2.18. The highest BCUT2D eigenvalue weighted by atomic mass is 19.1. The molecule has 0 aromatic heterocycles. The third-order valence-electron chi connectivity index (χ3n) is 5.66. The zero-order chi connectivity index (χ0) is 24.2. The van der Waals surface area contributed by atoms with E-state index in [1.54, 1.807) is 30.5 Å². The number of nitrogens with zero attached hydrogens (tertiary/aromatic N) is 1. The van der Waals surface area contributed by atoms with Crippen molar-refractivity contribution in [2.45, 2.75) is 0 Å². The summed E-state index contributed by atoms with van der Waals surface area (Å²) in [4.78, 5) is 25.1. The van der Waals surface area contributed by atoms with Crippen molar-refractivity contribution in [2.75, 3.05) is 5.32 Å². The zero-order valence-corrected chi connectivity index (χ0v) is 18.5. The van der Waals surface area contributed by atoms with Crippen LogP contribution in [0.25, 0.3) is 21.5 Å². The monoisotopic (exact) mass is 461 g/mol. The van der Waals surface area contributed by atoms with Gasteiger partial charge in [-0.05, 0) is 70.1 Å². The maximum atomic E-state index is 13.1. The van der Waals surface area contributed by atoms with Gasteiger partial charge in [-0.3, -0.25) is 9.59 Å². The molecule has 35 heavy (non-hydrogen) atoms. The normalized spacial score (nSPS) is 11.1. The van der Waals surface area contributed by atoms with E-state index in [0.29, 0.717) is 16.8 Å². The molecule has 0 saturated heterocycles. The summed E-state index contributed by atoms with van der Waals surface area (Å²) in [7, 11) is 0. The fourth-order valence-corrected chi connectivity index (χ4v) is 3.95. The number of carbonyl (C=O) groups excluding carboxylic acids is 2. The van der Waals surface area contributed by atoms with Crippen molar-refractivity contribution >= 4 is 45.3 Å². The van der Waals surface area contributed by atoms with Gasteiger partial charge in [-0.1, -0.05) is 54.6 Å². The molecule has 5 rings (SSSR count). The minimum Gasteiger partial charge on any atom is -0.322 e. The van der Waals surface area contributed by atoms with Crippen LogP contribution in [0.2, 0.25) is 0 Å². The number of hydrogen-bond donors (Lipinski definition) is 2. The maximum absolute atomic E-state index is 13.1. The molecular formula is C29H20FN3O2. The minimum atomic E-state index is -0.419. The van der Waals surface area contributed by atoms with E-state index in [1.807, 2.05) is 48.5 Å². The highest BCUT2D eigenvalue weighted by Gasteiger charge is 2.10. The molecular weight excluding hydrogens is 441 g/mol. The van der Waals surface area contributed by atoms with Crippen LogP contribution in [0.4, 0.5) is 10.1 Å². The van der Waals surface area contributed by atoms with Gasteiger partial charge in [-0.15, -0.1) is 0 Å². The Labute approximate surface area is 200 Å². The van der Waals surface area contributed by atoms with E-state index >= 15 is 0 Å². The average molecular weight is 461 g/mol. The molecule has 0 fully saturated rings. The van der Waals surface area contributed by atoms with Crippen molar-refractivity contribution in [1.82, 2.24) is 5.43 Å². The van der Waals surface area contributed by atoms with Gasteiger partial charge in [0.1, 0.15) is 5.82 Å². The lowest BCUT2D eigenvalue weighted by Gasteiger charge is -2.08. The maximum Gasteiger partial charge on any atom is 0.271 e. The number of anilines is 1. The van der Waals surface area contributed by atoms with Crippen LogP contribution in [0.15, 0.2) is 108 Å². The SMILES string of the molecule is O=C(NN=Cc1c2ccccc2cc2ccccc12)c1cccc(NC(=O)c2ccc(F)cc2)c1. The van der Waals surface area contributed by atoms with Crippen LogP contribution >= 0.6 is 0 Å². The standard InChI is InChI=1S/C29H20FN3O2/c30-23-14-12-19(13-15-23)28(34)32-24-9-5-8-22(17-24)29(35)33-31-18-27-25-10-3-1-6-20(25)16-21-7-2-4-11-26(21)27/h1-18H,(H,32,34)(H,33,35). The van der Waals surface area contributed by atoms with Gasteiger partial charge < -0.3 is 5.32 Å². The molecule has 0 atom stereocenters. The number of fused-ring (bicyclic) bond motifs is 2. The van der Waals surface area contributed by atoms with Crippen molar-refractivity contribution in [3.05, 3.63) is 126 Å². The molecule has 0 radical (unpaired) electrons. The molecule has 5 aromatic carbocycles. The first-order valence-corrected chi connectivity index (χ1v) is 11.0. The van der Waals surface area contributed by atoms with Gasteiger partial charge in [-0.25, -0.2) is 9.82 Å². The summed E-state index contributed by atoms with van der Waals surface area (Å²) in [6, 6.07) is 29.9. The molecule has 0 heterocycles. The summed E-state index contributed by atoms with van der Waals surface area (Å²) < 4.78 is 13.1. The van der Waals surface area contributed by atoms with Gasteiger partial charge in [-0.2, -0.15) is 5.10 Å². The molecule has 170 valence electrons. The van der Waals surface area contributed by atoms with Gasteiger partial charge in [0.05, 0.1) is 6.21 Å². The number of amides is 2. The Balaban J connectivity index is 1.34. The zero-order valence-electron chi connectivity index (χ0n) is 18.5. The fourth-order valence-electron chi connectivity index (χ4n) is 3.95.